The van der Waals surface area contributed by atoms with E-state index in [4.69, 9.17) is 9.97 Å². The number of rotatable bonds is 7. The third-order valence-corrected chi connectivity index (χ3v) is 7.50. The van der Waals surface area contributed by atoms with Crippen LogP contribution in [0.4, 0.5) is 4.39 Å². The maximum absolute atomic E-state index is 13.2. The Morgan fingerprint density at radius 2 is 1.37 bits per heavy atom. The molecule has 1 aromatic heterocycles. The minimum atomic E-state index is -0.235. The zero-order chi connectivity index (χ0) is 24.0. The van der Waals surface area contributed by atoms with Gasteiger partial charge < -0.3 is 0 Å². The molecule has 0 spiro atoms. The quantitative estimate of drug-likeness (QED) is 0.131. The number of benzene rings is 4. The Labute approximate surface area is 212 Å². The van der Waals surface area contributed by atoms with E-state index in [1.165, 1.54) is 17.7 Å². The fourth-order valence-corrected chi connectivity index (χ4v) is 5.53. The summed E-state index contributed by atoms with van der Waals surface area (Å²) in [6.07, 6.45) is 0. The van der Waals surface area contributed by atoms with E-state index in [1.54, 1.807) is 35.7 Å². The molecule has 0 saturated heterocycles. The lowest BCUT2D eigenvalue weighted by Crippen LogP contribution is -1.94. The molecule has 170 valence electrons. The Balaban J connectivity index is 1.34. The number of nitriles is 1. The van der Waals surface area contributed by atoms with Gasteiger partial charge in [0.25, 0.3) is 0 Å². The van der Waals surface area contributed by atoms with Crippen LogP contribution in [0.3, 0.4) is 0 Å². The molecule has 0 atom stereocenters. The van der Waals surface area contributed by atoms with Gasteiger partial charge >= 0.3 is 0 Å². The van der Waals surface area contributed by atoms with Crippen molar-refractivity contribution in [3.8, 4) is 17.2 Å². The first-order valence-electron chi connectivity index (χ1n) is 11.0. The minimum absolute atomic E-state index is 0.235. The lowest BCUT2D eigenvalue weighted by Gasteiger charge is -2.09. The molecule has 4 aromatic carbocycles. The Kier molecular flexibility index (Phi) is 7.08. The van der Waals surface area contributed by atoms with Gasteiger partial charge in [0.2, 0.25) is 0 Å². The molecule has 0 N–H and O–H groups in total. The van der Waals surface area contributed by atoms with Gasteiger partial charge in [-0.1, -0.05) is 84.6 Å². The second-order valence-corrected chi connectivity index (χ2v) is 9.79. The van der Waals surface area contributed by atoms with E-state index in [-0.39, 0.29) is 5.82 Å². The Hall–Kier alpha value is -3.66. The van der Waals surface area contributed by atoms with Gasteiger partial charge in [-0.15, -0.1) is 11.8 Å². The van der Waals surface area contributed by atoms with E-state index in [0.29, 0.717) is 16.5 Å². The molecule has 1 heterocycles. The van der Waals surface area contributed by atoms with Gasteiger partial charge in [-0.2, -0.15) is 5.26 Å². The molecule has 0 fully saturated rings. The van der Waals surface area contributed by atoms with Crippen LogP contribution in [0.1, 0.15) is 16.7 Å². The highest BCUT2D eigenvalue weighted by Gasteiger charge is 2.10. The molecule has 6 heteroatoms. The van der Waals surface area contributed by atoms with Crippen LogP contribution in [0.25, 0.3) is 22.0 Å². The molecule has 5 rings (SSSR count). The number of nitrogens with zero attached hydrogens (tertiary/aromatic N) is 3. The minimum Gasteiger partial charge on any atom is -0.222 e. The normalized spacial score (nSPS) is 10.9. The molecule has 0 aliphatic rings. The highest BCUT2D eigenvalue weighted by atomic mass is 32.2. The third kappa shape index (κ3) is 5.54. The maximum atomic E-state index is 13.2. The van der Waals surface area contributed by atoms with Gasteiger partial charge in [0.15, 0.2) is 5.16 Å². The molecule has 5 aromatic rings. The average Bonchev–Trinajstić information content (AvgIpc) is 2.91. The molecular weight excluding hydrogens is 473 g/mol. The largest absolute Gasteiger partial charge is 0.222 e. The molecule has 0 bridgehead atoms. The molecule has 0 amide bonds. The summed E-state index contributed by atoms with van der Waals surface area (Å²) in [5.74, 6) is 1.21. The molecule has 35 heavy (non-hydrogen) atoms. The SMILES string of the molecule is N#Cc1ccccc1-c1ccc(CSc2nc(SCc3ccc(F)cc3)nc3ccccc23)cc1. The fraction of sp³-hybridized carbons (Fsp3) is 0.0690. The summed E-state index contributed by atoms with van der Waals surface area (Å²) in [5, 5.41) is 12.1. The fourth-order valence-electron chi connectivity index (χ4n) is 3.69. The van der Waals surface area contributed by atoms with Crippen LogP contribution in [0.2, 0.25) is 0 Å². The van der Waals surface area contributed by atoms with E-state index < -0.39 is 0 Å². The van der Waals surface area contributed by atoms with Crippen molar-refractivity contribution in [2.45, 2.75) is 21.7 Å². The lowest BCUT2D eigenvalue weighted by molar-refractivity contribution is 0.627. The first-order chi connectivity index (χ1) is 17.2. The highest BCUT2D eigenvalue weighted by Crippen LogP contribution is 2.32. The molecule has 0 radical (unpaired) electrons. The summed E-state index contributed by atoms with van der Waals surface area (Å²) in [6.45, 7) is 0. The number of hydrogen-bond acceptors (Lipinski definition) is 5. The summed E-state index contributed by atoms with van der Waals surface area (Å²) in [6, 6.07) is 32.8. The predicted molar refractivity (Wildman–Crippen MR) is 142 cm³/mol. The summed E-state index contributed by atoms with van der Waals surface area (Å²) >= 11 is 3.23. The topological polar surface area (TPSA) is 49.6 Å². The first-order valence-corrected chi connectivity index (χ1v) is 13.0. The molecule has 0 aliphatic carbocycles. The second kappa shape index (κ2) is 10.7. The van der Waals surface area contributed by atoms with Crippen molar-refractivity contribution >= 4 is 34.4 Å². The number of fused-ring (bicyclic) bond motifs is 1. The monoisotopic (exact) mass is 493 g/mol. The number of aromatic nitrogens is 2. The first kappa shape index (κ1) is 23.1. The van der Waals surface area contributed by atoms with E-state index in [1.807, 2.05) is 48.5 Å². The summed E-state index contributed by atoms with van der Waals surface area (Å²) < 4.78 is 13.2. The molecule has 0 aliphatic heterocycles. The number of hydrogen-bond donors (Lipinski definition) is 0. The van der Waals surface area contributed by atoms with Crippen LogP contribution >= 0.6 is 23.5 Å². The second-order valence-electron chi connectivity index (χ2n) is 7.89. The van der Waals surface area contributed by atoms with Gasteiger partial charge in [-0.05, 0) is 46.5 Å². The van der Waals surface area contributed by atoms with Crippen molar-refractivity contribution in [2.24, 2.45) is 0 Å². The lowest BCUT2D eigenvalue weighted by atomic mass is 10.00. The average molecular weight is 494 g/mol. The number of thioether (sulfide) groups is 2. The van der Waals surface area contributed by atoms with Crippen LogP contribution in [0.15, 0.2) is 107 Å². The molecule has 3 nitrogen and oxygen atoms in total. The van der Waals surface area contributed by atoms with Gasteiger partial charge in [0, 0.05) is 16.9 Å². The van der Waals surface area contributed by atoms with Crippen molar-refractivity contribution in [3.63, 3.8) is 0 Å². The third-order valence-electron chi connectivity index (χ3n) is 5.52. The van der Waals surface area contributed by atoms with Crippen molar-refractivity contribution in [3.05, 3.63) is 120 Å². The molecular formula is C29H20FN3S2. The zero-order valence-electron chi connectivity index (χ0n) is 18.7. The van der Waals surface area contributed by atoms with Gasteiger partial charge in [0.1, 0.15) is 10.8 Å². The molecule has 0 unspecified atom stereocenters. The van der Waals surface area contributed by atoms with Crippen LogP contribution in [-0.4, -0.2) is 9.97 Å². The zero-order valence-corrected chi connectivity index (χ0v) is 20.3. The highest BCUT2D eigenvalue weighted by molar-refractivity contribution is 7.99. The Bertz CT molecular complexity index is 1510. The van der Waals surface area contributed by atoms with Gasteiger partial charge in [0.05, 0.1) is 17.1 Å². The predicted octanol–water partition coefficient (Wildman–Crippen LogP) is 7.89. The summed E-state index contributed by atoms with van der Waals surface area (Å²) in [4.78, 5) is 9.56. The van der Waals surface area contributed by atoms with Crippen molar-refractivity contribution < 1.29 is 4.39 Å². The Morgan fingerprint density at radius 1 is 0.714 bits per heavy atom. The van der Waals surface area contributed by atoms with Crippen LogP contribution in [0, 0.1) is 17.1 Å². The number of para-hydroxylation sites is 1. The van der Waals surface area contributed by atoms with E-state index >= 15 is 0 Å². The maximum Gasteiger partial charge on any atom is 0.189 e. The van der Waals surface area contributed by atoms with E-state index in [0.717, 1.165) is 38.4 Å². The van der Waals surface area contributed by atoms with Crippen LogP contribution in [0.5, 0.6) is 0 Å². The van der Waals surface area contributed by atoms with Crippen LogP contribution < -0.4 is 0 Å². The van der Waals surface area contributed by atoms with Crippen molar-refractivity contribution in [1.29, 1.82) is 5.26 Å². The van der Waals surface area contributed by atoms with Crippen LogP contribution in [-0.2, 0) is 11.5 Å². The molecule has 0 saturated carbocycles. The van der Waals surface area contributed by atoms with Crippen molar-refractivity contribution in [1.82, 2.24) is 9.97 Å². The van der Waals surface area contributed by atoms with E-state index in [2.05, 4.69) is 30.3 Å². The standard InChI is InChI=1S/C29H20FN3S2/c30-24-15-11-21(12-16-24)19-35-29-32-27-8-4-3-7-26(27)28(33-29)34-18-20-9-13-22(14-10-20)25-6-2-1-5-23(25)17-31/h1-16H,18-19H2. The summed E-state index contributed by atoms with van der Waals surface area (Å²) in [7, 11) is 0. The van der Waals surface area contributed by atoms with Gasteiger partial charge in [-0.25, -0.2) is 14.4 Å². The smallest absolute Gasteiger partial charge is 0.189 e. The van der Waals surface area contributed by atoms with Gasteiger partial charge in [-0.3, -0.25) is 0 Å². The number of halogens is 1. The van der Waals surface area contributed by atoms with Crippen molar-refractivity contribution in [2.75, 3.05) is 0 Å². The van der Waals surface area contributed by atoms with E-state index in [9.17, 15) is 9.65 Å². The Morgan fingerprint density at radius 3 is 2.14 bits per heavy atom. The summed E-state index contributed by atoms with van der Waals surface area (Å²) in [5.41, 5.74) is 5.77.